The van der Waals surface area contributed by atoms with E-state index in [0.29, 0.717) is 12.2 Å². The molecular formula is C13H16BrNO2. The van der Waals surface area contributed by atoms with Crippen molar-refractivity contribution in [3.8, 4) is 5.75 Å². The second-order valence-corrected chi connectivity index (χ2v) is 5.19. The van der Waals surface area contributed by atoms with E-state index in [-0.39, 0.29) is 5.92 Å². The van der Waals surface area contributed by atoms with Gasteiger partial charge in [-0.25, -0.2) is 0 Å². The molecule has 0 aromatic heterocycles. The SMILES string of the molecule is COc1ccc(Br)cc1CC1CNCCC1=O. The fourth-order valence-electron chi connectivity index (χ4n) is 2.16. The molecule has 0 radical (unpaired) electrons. The van der Waals surface area contributed by atoms with E-state index in [1.54, 1.807) is 7.11 Å². The van der Waals surface area contributed by atoms with Crippen LogP contribution in [-0.4, -0.2) is 26.0 Å². The Morgan fingerprint density at radius 3 is 3.06 bits per heavy atom. The number of Topliss-reactive ketones (excluding diaryl/α,β-unsaturated/α-hetero) is 1. The Bertz CT molecular complexity index is 420. The van der Waals surface area contributed by atoms with E-state index in [9.17, 15) is 4.79 Å². The fraction of sp³-hybridized carbons (Fsp3) is 0.462. The molecule has 0 spiro atoms. The maximum absolute atomic E-state index is 11.8. The van der Waals surface area contributed by atoms with Crippen LogP contribution in [0.3, 0.4) is 0 Å². The lowest BCUT2D eigenvalue weighted by Gasteiger charge is -2.22. The Balaban J connectivity index is 2.16. The number of methoxy groups -OCH3 is 1. The zero-order valence-electron chi connectivity index (χ0n) is 9.83. The van der Waals surface area contributed by atoms with Crippen molar-refractivity contribution >= 4 is 21.7 Å². The molecule has 1 unspecified atom stereocenters. The lowest BCUT2D eigenvalue weighted by atomic mass is 9.91. The first-order valence-electron chi connectivity index (χ1n) is 5.76. The van der Waals surface area contributed by atoms with Gasteiger partial charge in [-0.3, -0.25) is 4.79 Å². The number of ketones is 1. The van der Waals surface area contributed by atoms with Gasteiger partial charge in [0.25, 0.3) is 0 Å². The molecule has 2 rings (SSSR count). The largest absolute Gasteiger partial charge is 0.496 e. The number of hydrogen-bond donors (Lipinski definition) is 1. The van der Waals surface area contributed by atoms with E-state index >= 15 is 0 Å². The maximum Gasteiger partial charge on any atom is 0.138 e. The minimum absolute atomic E-state index is 0.0759. The van der Waals surface area contributed by atoms with Crippen LogP contribution < -0.4 is 10.1 Å². The number of halogens is 1. The van der Waals surface area contributed by atoms with Gasteiger partial charge in [-0.1, -0.05) is 15.9 Å². The molecule has 1 aliphatic heterocycles. The van der Waals surface area contributed by atoms with Gasteiger partial charge in [0.1, 0.15) is 11.5 Å². The summed E-state index contributed by atoms with van der Waals surface area (Å²) in [5, 5.41) is 3.26. The zero-order chi connectivity index (χ0) is 12.3. The molecule has 0 aliphatic carbocycles. The standard InChI is InChI=1S/C13H16BrNO2/c1-17-13-3-2-11(14)7-9(13)6-10-8-15-5-4-12(10)16/h2-3,7,10,15H,4-6,8H2,1H3. The van der Waals surface area contributed by atoms with Crippen molar-refractivity contribution in [2.24, 2.45) is 5.92 Å². The Kier molecular flexibility index (Phi) is 4.18. The smallest absolute Gasteiger partial charge is 0.138 e. The number of hydrogen-bond acceptors (Lipinski definition) is 3. The zero-order valence-corrected chi connectivity index (χ0v) is 11.4. The summed E-state index contributed by atoms with van der Waals surface area (Å²) in [5.74, 6) is 1.28. The van der Waals surface area contributed by atoms with Crippen LogP contribution in [0.1, 0.15) is 12.0 Å². The van der Waals surface area contributed by atoms with Gasteiger partial charge in [0.2, 0.25) is 0 Å². The second kappa shape index (κ2) is 5.65. The monoisotopic (exact) mass is 297 g/mol. The van der Waals surface area contributed by atoms with Crippen molar-refractivity contribution < 1.29 is 9.53 Å². The summed E-state index contributed by atoms with van der Waals surface area (Å²) >= 11 is 3.45. The highest BCUT2D eigenvalue weighted by Crippen LogP contribution is 2.26. The van der Waals surface area contributed by atoms with E-state index < -0.39 is 0 Å². The lowest BCUT2D eigenvalue weighted by Crippen LogP contribution is -2.38. The van der Waals surface area contributed by atoms with Crippen molar-refractivity contribution in [1.82, 2.24) is 5.32 Å². The first-order valence-corrected chi connectivity index (χ1v) is 6.56. The lowest BCUT2D eigenvalue weighted by molar-refractivity contribution is -0.123. The van der Waals surface area contributed by atoms with Crippen molar-refractivity contribution in [2.45, 2.75) is 12.8 Å². The molecule has 1 aliphatic rings. The summed E-state index contributed by atoms with van der Waals surface area (Å²) in [7, 11) is 1.66. The summed E-state index contributed by atoms with van der Waals surface area (Å²) in [6.07, 6.45) is 1.38. The van der Waals surface area contributed by atoms with Gasteiger partial charge in [-0.15, -0.1) is 0 Å². The molecule has 1 aromatic rings. The Morgan fingerprint density at radius 1 is 1.53 bits per heavy atom. The minimum Gasteiger partial charge on any atom is -0.496 e. The molecule has 1 saturated heterocycles. The summed E-state index contributed by atoms with van der Waals surface area (Å²) in [6.45, 7) is 1.58. The molecule has 0 amide bonds. The van der Waals surface area contributed by atoms with Crippen LogP contribution in [0.4, 0.5) is 0 Å². The van der Waals surface area contributed by atoms with Gasteiger partial charge in [0.15, 0.2) is 0 Å². The quantitative estimate of drug-likeness (QED) is 0.929. The molecule has 92 valence electrons. The predicted molar refractivity (Wildman–Crippen MR) is 70.4 cm³/mol. The maximum atomic E-state index is 11.8. The van der Waals surface area contributed by atoms with Crippen LogP contribution in [0.5, 0.6) is 5.75 Å². The Morgan fingerprint density at radius 2 is 2.35 bits per heavy atom. The van der Waals surface area contributed by atoms with Gasteiger partial charge in [-0.05, 0) is 30.2 Å². The third-order valence-corrected chi connectivity index (χ3v) is 3.60. The van der Waals surface area contributed by atoms with Crippen LogP contribution in [0.25, 0.3) is 0 Å². The number of rotatable bonds is 3. The molecule has 1 N–H and O–H groups in total. The average Bonchev–Trinajstić information content (AvgIpc) is 2.32. The average molecular weight is 298 g/mol. The third kappa shape index (κ3) is 3.07. The highest BCUT2D eigenvalue weighted by atomic mass is 79.9. The molecule has 4 heteroatoms. The first-order chi connectivity index (χ1) is 8.20. The Labute approximate surface area is 110 Å². The Hall–Kier alpha value is -0.870. The van der Waals surface area contributed by atoms with Crippen molar-refractivity contribution in [1.29, 1.82) is 0 Å². The van der Waals surface area contributed by atoms with E-state index in [1.807, 2.05) is 18.2 Å². The highest BCUT2D eigenvalue weighted by Gasteiger charge is 2.23. The molecular weight excluding hydrogens is 282 g/mol. The number of nitrogens with one attached hydrogen (secondary N) is 1. The molecule has 17 heavy (non-hydrogen) atoms. The second-order valence-electron chi connectivity index (χ2n) is 4.28. The molecule has 3 nitrogen and oxygen atoms in total. The topological polar surface area (TPSA) is 38.3 Å². The fourth-order valence-corrected chi connectivity index (χ4v) is 2.57. The van der Waals surface area contributed by atoms with Crippen LogP contribution in [0, 0.1) is 5.92 Å². The summed E-state index contributed by atoms with van der Waals surface area (Å²) in [4.78, 5) is 11.8. The van der Waals surface area contributed by atoms with Gasteiger partial charge < -0.3 is 10.1 Å². The third-order valence-electron chi connectivity index (χ3n) is 3.10. The molecule has 1 fully saturated rings. The predicted octanol–water partition coefficient (Wildman–Crippen LogP) is 2.18. The van der Waals surface area contributed by atoms with E-state index in [0.717, 1.165) is 35.3 Å². The number of benzene rings is 1. The summed E-state index contributed by atoms with van der Waals surface area (Å²) < 4.78 is 6.34. The molecule has 0 bridgehead atoms. The van der Waals surface area contributed by atoms with Crippen molar-refractivity contribution in [3.05, 3.63) is 28.2 Å². The highest BCUT2D eigenvalue weighted by molar-refractivity contribution is 9.10. The van der Waals surface area contributed by atoms with Crippen LogP contribution in [0.2, 0.25) is 0 Å². The van der Waals surface area contributed by atoms with Crippen LogP contribution >= 0.6 is 15.9 Å². The molecule has 1 heterocycles. The van der Waals surface area contributed by atoms with Gasteiger partial charge >= 0.3 is 0 Å². The number of carbonyl (C=O) groups excluding carboxylic acids is 1. The summed E-state index contributed by atoms with van der Waals surface area (Å²) in [6, 6.07) is 5.91. The van der Waals surface area contributed by atoms with Crippen molar-refractivity contribution in [3.63, 3.8) is 0 Å². The van der Waals surface area contributed by atoms with Gasteiger partial charge in [0, 0.05) is 29.9 Å². The van der Waals surface area contributed by atoms with Crippen LogP contribution in [-0.2, 0) is 11.2 Å². The number of ether oxygens (including phenoxy) is 1. The van der Waals surface area contributed by atoms with Crippen LogP contribution in [0.15, 0.2) is 22.7 Å². The molecule has 1 aromatic carbocycles. The molecule has 1 atom stereocenters. The molecule has 0 saturated carbocycles. The van der Waals surface area contributed by atoms with E-state index in [1.165, 1.54) is 0 Å². The number of carbonyl (C=O) groups is 1. The normalized spacial score (nSPS) is 20.4. The minimum atomic E-state index is 0.0759. The van der Waals surface area contributed by atoms with Gasteiger partial charge in [0.05, 0.1) is 7.11 Å². The number of piperidine rings is 1. The van der Waals surface area contributed by atoms with Gasteiger partial charge in [-0.2, -0.15) is 0 Å². The van der Waals surface area contributed by atoms with Crippen molar-refractivity contribution in [2.75, 3.05) is 20.2 Å². The summed E-state index contributed by atoms with van der Waals surface area (Å²) in [5.41, 5.74) is 1.09. The van der Waals surface area contributed by atoms with E-state index in [4.69, 9.17) is 4.74 Å². The van der Waals surface area contributed by atoms with E-state index in [2.05, 4.69) is 21.2 Å². The first kappa shape index (κ1) is 12.6.